The molecule has 3 rings (SSSR count). The number of aromatic nitrogens is 1. The molecular weight excluding hydrogens is 391 g/mol. The Bertz CT molecular complexity index is 899. The second kappa shape index (κ2) is 8.42. The van der Waals surface area contributed by atoms with Gasteiger partial charge in [-0.15, -0.1) is 11.3 Å². The summed E-state index contributed by atoms with van der Waals surface area (Å²) in [5.41, 5.74) is 0.853. The SMILES string of the molecule is Cc1csc(NC(=O)CN2CCCN(S(=O)(=O)c3ccc(F)cc3)CC2)n1. The third-order valence-corrected chi connectivity index (χ3v) is 7.02. The molecule has 10 heteroatoms. The van der Waals surface area contributed by atoms with Gasteiger partial charge in [-0.05, 0) is 44.2 Å². The molecule has 1 aliphatic heterocycles. The van der Waals surface area contributed by atoms with E-state index in [-0.39, 0.29) is 23.9 Å². The fourth-order valence-electron chi connectivity index (χ4n) is 2.87. The summed E-state index contributed by atoms with van der Waals surface area (Å²) in [6.45, 7) is 3.76. The quantitative estimate of drug-likeness (QED) is 0.811. The van der Waals surface area contributed by atoms with E-state index in [1.807, 2.05) is 17.2 Å². The van der Waals surface area contributed by atoms with Crippen LogP contribution in [0.4, 0.5) is 9.52 Å². The Balaban J connectivity index is 1.58. The predicted octanol–water partition coefficient (Wildman–Crippen LogP) is 1.93. The number of aryl methyl sites for hydroxylation is 1. The second-order valence-corrected chi connectivity index (χ2v) is 9.13. The van der Waals surface area contributed by atoms with Crippen LogP contribution in [0.3, 0.4) is 0 Å². The molecule has 0 aliphatic carbocycles. The van der Waals surface area contributed by atoms with Crippen molar-refractivity contribution in [2.45, 2.75) is 18.2 Å². The van der Waals surface area contributed by atoms with Gasteiger partial charge in [-0.2, -0.15) is 4.31 Å². The van der Waals surface area contributed by atoms with Gasteiger partial charge in [-0.3, -0.25) is 9.69 Å². The van der Waals surface area contributed by atoms with Crippen molar-refractivity contribution in [1.82, 2.24) is 14.2 Å². The molecule has 0 spiro atoms. The lowest BCUT2D eigenvalue weighted by molar-refractivity contribution is -0.117. The minimum Gasteiger partial charge on any atom is -0.301 e. The minimum absolute atomic E-state index is 0.0780. The molecule has 0 unspecified atom stereocenters. The molecule has 1 aliphatic rings. The third-order valence-electron chi connectivity index (χ3n) is 4.23. The first kappa shape index (κ1) is 19.9. The highest BCUT2D eigenvalue weighted by atomic mass is 32.2. The van der Waals surface area contributed by atoms with Crippen molar-refractivity contribution < 1.29 is 17.6 Å². The number of carbonyl (C=O) groups is 1. The Morgan fingerprint density at radius 3 is 2.63 bits per heavy atom. The van der Waals surface area contributed by atoms with Gasteiger partial charge in [0.1, 0.15) is 5.82 Å². The number of hydrogen-bond donors (Lipinski definition) is 1. The van der Waals surface area contributed by atoms with Crippen LogP contribution in [0.2, 0.25) is 0 Å². The van der Waals surface area contributed by atoms with Gasteiger partial charge in [0, 0.05) is 25.0 Å². The Labute approximate surface area is 161 Å². The van der Waals surface area contributed by atoms with Gasteiger partial charge < -0.3 is 5.32 Å². The largest absolute Gasteiger partial charge is 0.301 e. The molecule has 1 aromatic heterocycles. The highest BCUT2D eigenvalue weighted by molar-refractivity contribution is 7.89. The van der Waals surface area contributed by atoms with Gasteiger partial charge in [0.2, 0.25) is 15.9 Å². The molecule has 0 radical (unpaired) electrons. The molecule has 1 amide bonds. The maximum absolute atomic E-state index is 13.1. The monoisotopic (exact) mass is 412 g/mol. The normalized spacial score (nSPS) is 16.8. The van der Waals surface area contributed by atoms with E-state index >= 15 is 0 Å². The predicted molar refractivity (Wildman–Crippen MR) is 102 cm³/mol. The molecule has 1 aromatic carbocycles. The fourth-order valence-corrected chi connectivity index (χ4v) is 5.05. The van der Waals surface area contributed by atoms with Crippen LogP contribution < -0.4 is 5.32 Å². The second-order valence-electron chi connectivity index (χ2n) is 6.33. The van der Waals surface area contributed by atoms with Gasteiger partial charge in [0.15, 0.2) is 5.13 Å². The van der Waals surface area contributed by atoms with Crippen LogP contribution >= 0.6 is 11.3 Å². The Morgan fingerprint density at radius 1 is 1.22 bits per heavy atom. The van der Waals surface area contributed by atoms with E-state index in [1.54, 1.807) is 0 Å². The van der Waals surface area contributed by atoms with E-state index in [0.717, 1.165) is 17.8 Å². The number of benzene rings is 1. The lowest BCUT2D eigenvalue weighted by Crippen LogP contribution is -2.38. The van der Waals surface area contributed by atoms with Gasteiger partial charge in [0.25, 0.3) is 0 Å². The summed E-state index contributed by atoms with van der Waals surface area (Å²) in [6, 6.07) is 4.83. The highest BCUT2D eigenvalue weighted by Gasteiger charge is 2.27. The molecular formula is C17H21FN4O3S2. The molecule has 0 bridgehead atoms. The summed E-state index contributed by atoms with van der Waals surface area (Å²) in [7, 11) is -3.67. The summed E-state index contributed by atoms with van der Waals surface area (Å²) in [6.07, 6.45) is 0.615. The lowest BCUT2D eigenvalue weighted by Gasteiger charge is -2.21. The summed E-state index contributed by atoms with van der Waals surface area (Å²) >= 11 is 1.37. The van der Waals surface area contributed by atoms with Crippen LogP contribution in [0.15, 0.2) is 34.5 Å². The molecule has 7 nitrogen and oxygen atoms in total. The van der Waals surface area contributed by atoms with Crippen LogP contribution in [0.5, 0.6) is 0 Å². The zero-order chi connectivity index (χ0) is 19.4. The molecule has 27 heavy (non-hydrogen) atoms. The Hall–Kier alpha value is -1.88. The average molecular weight is 413 g/mol. The number of amides is 1. The number of thiazole rings is 1. The van der Waals surface area contributed by atoms with Crippen molar-refractivity contribution in [3.8, 4) is 0 Å². The smallest absolute Gasteiger partial charge is 0.243 e. The summed E-state index contributed by atoms with van der Waals surface area (Å²) in [5, 5.41) is 5.19. The molecule has 1 fully saturated rings. The first-order chi connectivity index (χ1) is 12.8. The van der Waals surface area contributed by atoms with Crippen LogP contribution in [0.25, 0.3) is 0 Å². The summed E-state index contributed by atoms with van der Waals surface area (Å²) < 4.78 is 39.9. The van der Waals surface area contributed by atoms with Gasteiger partial charge in [0.05, 0.1) is 17.1 Å². The van der Waals surface area contributed by atoms with Crippen LogP contribution in [0, 0.1) is 12.7 Å². The molecule has 0 atom stereocenters. The number of sulfonamides is 1. The third kappa shape index (κ3) is 5.10. The van der Waals surface area contributed by atoms with Crippen molar-refractivity contribution in [1.29, 1.82) is 0 Å². The standard InChI is InChI=1S/C17H21FN4O3S2/c1-13-12-26-17(19-13)20-16(23)11-21-7-2-8-22(10-9-21)27(24,25)15-5-3-14(18)4-6-15/h3-6,12H,2,7-11H2,1H3,(H,19,20,23). The van der Waals surface area contributed by atoms with Crippen molar-refractivity contribution in [3.63, 3.8) is 0 Å². The first-order valence-corrected chi connectivity index (χ1v) is 10.9. The molecule has 1 N–H and O–H groups in total. The average Bonchev–Trinajstić information content (AvgIpc) is 2.88. The molecule has 2 heterocycles. The van der Waals surface area contributed by atoms with E-state index in [4.69, 9.17) is 0 Å². The van der Waals surface area contributed by atoms with Crippen LogP contribution in [-0.4, -0.2) is 61.2 Å². The fraction of sp³-hybridized carbons (Fsp3) is 0.412. The molecule has 1 saturated heterocycles. The first-order valence-electron chi connectivity index (χ1n) is 8.54. The number of carbonyl (C=O) groups excluding carboxylic acids is 1. The van der Waals surface area contributed by atoms with Crippen molar-refractivity contribution in [2.24, 2.45) is 0 Å². The maximum atomic E-state index is 13.1. The minimum atomic E-state index is -3.67. The number of hydrogen-bond acceptors (Lipinski definition) is 6. The van der Waals surface area contributed by atoms with Crippen molar-refractivity contribution in [2.75, 3.05) is 38.0 Å². The number of nitrogens with zero attached hydrogens (tertiary/aromatic N) is 3. The Morgan fingerprint density at radius 2 is 1.96 bits per heavy atom. The van der Waals surface area contributed by atoms with E-state index < -0.39 is 15.8 Å². The molecule has 2 aromatic rings. The van der Waals surface area contributed by atoms with Crippen LogP contribution in [-0.2, 0) is 14.8 Å². The van der Waals surface area contributed by atoms with Gasteiger partial charge in [-0.1, -0.05) is 0 Å². The van der Waals surface area contributed by atoms with E-state index in [9.17, 15) is 17.6 Å². The van der Waals surface area contributed by atoms with E-state index in [0.29, 0.717) is 31.2 Å². The van der Waals surface area contributed by atoms with Crippen LogP contribution in [0.1, 0.15) is 12.1 Å². The number of rotatable bonds is 5. The zero-order valence-electron chi connectivity index (χ0n) is 14.9. The number of nitrogens with one attached hydrogen (secondary N) is 1. The van der Waals surface area contributed by atoms with E-state index in [1.165, 1.54) is 27.8 Å². The van der Waals surface area contributed by atoms with E-state index in [2.05, 4.69) is 10.3 Å². The number of anilines is 1. The highest BCUT2D eigenvalue weighted by Crippen LogP contribution is 2.18. The summed E-state index contributed by atoms with van der Waals surface area (Å²) in [4.78, 5) is 18.4. The molecule has 0 saturated carbocycles. The Kier molecular flexibility index (Phi) is 6.20. The van der Waals surface area contributed by atoms with Crippen molar-refractivity contribution >= 4 is 32.4 Å². The molecule has 146 valence electrons. The van der Waals surface area contributed by atoms with Gasteiger partial charge in [-0.25, -0.2) is 17.8 Å². The zero-order valence-corrected chi connectivity index (χ0v) is 16.5. The summed E-state index contributed by atoms with van der Waals surface area (Å²) in [5.74, 6) is -0.642. The maximum Gasteiger partial charge on any atom is 0.243 e. The van der Waals surface area contributed by atoms with Crippen molar-refractivity contribution in [3.05, 3.63) is 41.2 Å². The number of halogens is 1. The topological polar surface area (TPSA) is 82.6 Å². The lowest BCUT2D eigenvalue weighted by atomic mass is 10.4. The van der Waals surface area contributed by atoms with Gasteiger partial charge >= 0.3 is 0 Å².